The van der Waals surface area contributed by atoms with Gasteiger partial charge in [-0.3, -0.25) is 0 Å². The molecule has 106 valence electrons. The standard InChI is InChI=1S/C15H20N4S/c1-2-14-17-18-15(20-14)16-12-8-10-19(11-9-12)13-6-4-3-5-7-13/h3-7,12H,2,8-11H2,1H3,(H,16,18). The van der Waals surface area contributed by atoms with Crippen LogP contribution >= 0.6 is 11.3 Å². The fraction of sp³-hybridized carbons (Fsp3) is 0.467. The van der Waals surface area contributed by atoms with Gasteiger partial charge in [0.15, 0.2) is 0 Å². The van der Waals surface area contributed by atoms with Crippen LogP contribution < -0.4 is 10.2 Å². The first kappa shape index (κ1) is 13.4. The van der Waals surface area contributed by atoms with Gasteiger partial charge in [0, 0.05) is 24.8 Å². The van der Waals surface area contributed by atoms with Crippen molar-refractivity contribution in [2.45, 2.75) is 32.2 Å². The van der Waals surface area contributed by atoms with Crippen molar-refractivity contribution < 1.29 is 0 Å². The zero-order chi connectivity index (χ0) is 13.8. The maximum absolute atomic E-state index is 4.20. The lowest BCUT2D eigenvalue weighted by molar-refractivity contribution is 0.526. The summed E-state index contributed by atoms with van der Waals surface area (Å²) in [5, 5.41) is 14.0. The summed E-state index contributed by atoms with van der Waals surface area (Å²) in [5.74, 6) is 0. The largest absolute Gasteiger partial charge is 0.371 e. The number of nitrogens with zero attached hydrogens (tertiary/aromatic N) is 3. The summed E-state index contributed by atoms with van der Waals surface area (Å²) in [6.07, 6.45) is 3.26. The molecular weight excluding hydrogens is 268 g/mol. The van der Waals surface area contributed by atoms with Crippen molar-refractivity contribution in [3.63, 3.8) is 0 Å². The second-order valence-electron chi connectivity index (χ2n) is 5.10. The van der Waals surface area contributed by atoms with Gasteiger partial charge < -0.3 is 10.2 Å². The molecule has 2 aromatic rings. The molecule has 0 unspecified atom stereocenters. The van der Waals surface area contributed by atoms with Gasteiger partial charge in [-0.05, 0) is 31.4 Å². The zero-order valence-corrected chi connectivity index (χ0v) is 12.6. The van der Waals surface area contributed by atoms with E-state index in [1.54, 1.807) is 11.3 Å². The Labute approximate surface area is 123 Å². The number of aromatic nitrogens is 2. The highest BCUT2D eigenvalue weighted by Crippen LogP contribution is 2.23. The molecule has 0 saturated carbocycles. The van der Waals surface area contributed by atoms with Crippen LogP contribution in [0, 0.1) is 0 Å². The average Bonchev–Trinajstić information content (AvgIpc) is 2.97. The van der Waals surface area contributed by atoms with E-state index in [1.165, 1.54) is 5.69 Å². The molecule has 1 aliphatic rings. The molecule has 0 aliphatic carbocycles. The Morgan fingerprint density at radius 2 is 1.95 bits per heavy atom. The van der Waals surface area contributed by atoms with Gasteiger partial charge in [0.05, 0.1) is 0 Å². The smallest absolute Gasteiger partial charge is 0.205 e. The van der Waals surface area contributed by atoms with E-state index < -0.39 is 0 Å². The van der Waals surface area contributed by atoms with Crippen molar-refractivity contribution in [1.29, 1.82) is 0 Å². The predicted molar refractivity (Wildman–Crippen MR) is 84.6 cm³/mol. The molecule has 0 amide bonds. The van der Waals surface area contributed by atoms with Crippen LogP contribution in [0.1, 0.15) is 24.8 Å². The van der Waals surface area contributed by atoms with Crippen LogP contribution in [0.5, 0.6) is 0 Å². The Bertz CT molecular complexity index is 532. The monoisotopic (exact) mass is 288 g/mol. The minimum Gasteiger partial charge on any atom is -0.371 e. The molecule has 0 atom stereocenters. The van der Waals surface area contributed by atoms with Gasteiger partial charge >= 0.3 is 0 Å². The molecule has 1 aromatic heterocycles. The molecular formula is C15H20N4S. The summed E-state index contributed by atoms with van der Waals surface area (Å²) in [6, 6.07) is 11.2. The predicted octanol–water partition coefficient (Wildman–Crippen LogP) is 3.18. The molecule has 5 heteroatoms. The number of piperidine rings is 1. The van der Waals surface area contributed by atoms with Gasteiger partial charge in [0.25, 0.3) is 0 Å². The fourth-order valence-corrected chi connectivity index (χ4v) is 3.31. The van der Waals surface area contributed by atoms with E-state index in [-0.39, 0.29) is 0 Å². The number of para-hydroxylation sites is 1. The first-order valence-electron chi connectivity index (χ1n) is 7.24. The topological polar surface area (TPSA) is 41.1 Å². The van der Waals surface area contributed by atoms with Gasteiger partial charge in [-0.15, -0.1) is 10.2 Å². The van der Waals surface area contributed by atoms with Crippen LogP contribution in [-0.2, 0) is 6.42 Å². The molecule has 1 N–H and O–H groups in total. The van der Waals surface area contributed by atoms with Crippen LogP contribution in [-0.4, -0.2) is 29.3 Å². The van der Waals surface area contributed by atoms with Crippen LogP contribution in [0.2, 0.25) is 0 Å². The molecule has 2 heterocycles. The summed E-state index contributed by atoms with van der Waals surface area (Å²) in [4.78, 5) is 2.45. The van der Waals surface area contributed by atoms with Gasteiger partial charge in [0.2, 0.25) is 5.13 Å². The van der Waals surface area contributed by atoms with Gasteiger partial charge in [-0.1, -0.05) is 36.5 Å². The molecule has 3 rings (SSSR count). The van der Waals surface area contributed by atoms with Gasteiger partial charge in [-0.25, -0.2) is 0 Å². The summed E-state index contributed by atoms with van der Waals surface area (Å²) in [7, 11) is 0. The maximum Gasteiger partial charge on any atom is 0.205 e. The summed E-state index contributed by atoms with van der Waals surface area (Å²) in [6.45, 7) is 4.31. The van der Waals surface area contributed by atoms with E-state index in [9.17, 15) is 0 Å². The summed E-state index contributed by atoms with van der Waals surface area (Å²) < 4.78 is 0. The van der Waals surface area contributed by atoms with Crippen molar-refractivity contribution in [2.75, 3.05) is 23.3 Å². The highest BCUT2D eigenvalue weighted by atomic mass is 32.1. The molecule has 1 saturated heterocycles. The zero-order valence-electron chi connectivity index (χ0n) is 11.7. The fourth-order valence-electron chi connectivity index (χ4n) is 2.55. The van der Waals surface area contributed by atoms with Crippen LogP contribution in [0.25, 0.3) is 0 Å². The lowest BCUT2D eigenvalue weighted by atomic mass is 10.0. The highest BCUT2D eigenvalue weighted by Gasteiger charge is 2.20. The number of hydrogen-bond acceptors (Lipinski definition) is 5. The third kappa shape index (κ3) is 3.10. The molecule has 1 aliphatic heterocycles. The minimum atomic E-state index is 0.521. The number of anilines is 2. The first-order valence-corrected chi connectivity index (χ1v) is 8.05. The Kier molecular flexibility index (Phi) is 4.16. The van der Waals surface area contributed by atoms with Crippen molar-refractivity contribution in [3.05, 3.63) is 35.3 Å². The summed E-state index contributed by atoms with van der Waals surface area (Å²) in [5.41, 5.74) is 1.33. The Morgan fingerprint density at radius 1 is 1.20 bits per heavy atom. The lowest BCUT2D eigenvalue weighted by Gasteiger charge is -2.33. The van der Waals surface area contributed by atoms with Crippen molar-refractivity contribution in [2.24, 2.45) is 0 Å². The number of rotatable bonds is 4. The molecule has 1 fully saturated rings. The Morgan fingerprint density at radius 3 is 2.60 bits per heavy atom. The minimum absolute atomic E-state index is 0.521. The third-order valence-corrected chi connectivity index (χ3v) is 4.71. The van der Waals surface area contributed by atoms with E-state index in [1.807, 2.05) is 0 Å². The number of benzene rings is 1. The Hall–Kier alpha value is -1.62. The number of aryl methyl sites for hydroxylation is 1. The molecule has 20 heavy (non-hydrogen) atoms. The van der Waals surface area contributed by atoms with Gasteiger partial charge in [0.1, 0.15) is 5.01 Å². The normalized spacial score (nSPS) is 16.4. The Balaban J connectivity index is 1.53. The molecule has 0 bridgehead atoms. The van der Waals surface area contributed by atoms with Crippen molar-refractivity contribution in [1.82, 2.24) is 10.2 Å². The summed E-state index contributed by atoms with van der Waals surface area (Å²) >= 11 is 1.68. The molecule has 1 aromatic carbocycles. The van der Waals surface area contributed by atoms with Crippen LogP contribution in [0.4, 0.5) is 10.8 Å². The first-order chi connectivity index (χ1) is 9.85. The van der Waals surface area contributed by atoms with Crippen molar-refractivity contribution in [3.8, 4) is 0 Å². The molecule has 0 spiro atoms. The van der Waals surface area contributed by atoms with E-state index in [2.05, 4.69) is 57.7 Å². The molecule has 4 nitrogen and oxygen atoms in total. The van der Waals surface area contributed by atoms with Crippen LogP contribution in [0.15, 0.2) is 30.3 Å². The van der Waals surface area contributed by atoms with E-state index in [0.717, 1.165) is 42.5 Å². The van der Waals surface area contributed by atoms with Crippen LogP contribution in [0.3, 0.4) is 0 Å². The van der Waals surface area contributed by atoms with E-state index in [0.29, 0.717) is 6.04 Å². The quantitative estimate of drug-likeness (QED) is 0.938. The lowest BCUT2D eigenvalue weighted by Crippen LogP contribution is -2.39. The van der Waals surface area contributed by atoms with E-state index in [4.69, 9.17) is 0 Å². The average molecular weight is 288 g/mol. The highest BCUT2D eigenvalue weighted by molar-refractivity contribution is 7.15. The number of hydrogen-bond donors (Lipinski definition) is 1. The van der Waals surface area contributed by atoms with Gasteiger partial charge in [-0.2, -0.15) is 0 Å². The molecule has 0 radical (unpaired) electrons. The second-order valence-corrected chi connectivity index (χ2v) is 6.16. The van der Waals surface area contributed by atoms with E-state index >= 15 is 0 Å². The SMILES string of the molecule is CCc1nnc(NC2CCN(c3ccccc3)CC2)s1. The second kappa shape index (κ2) is 6.22. The van der Waals surface area contributed by atoms with Crippen molar-refractivity contribution >= 4 is 22.2 Å². The third-order valence-electron chi connectivity index (χ3n) is 3.71. The maximum atomic E-state index is 4.20. The number of nitrogens with one attached hydrogen (secondary N) is 1.